The average Bonchev–Trinajstić information content (AvgIpc) is 2.78. The molecule has 0 aromatic rings. The molecule has 0 bridgehead atoms. The molecule has 1 saturated carbocycles. The van der Waals surface area contributed by atoms with Gasteiger partial charge in [0.15, 0.2) is 0 Å². The van der Waals surface area contributed by atoms with Gasteiger partial charge in [-0.05, 0) is 19.3 Å². The normalized spacial score (nSPS) is 18.7. The molecule has 1 atom stereocenters. The molecule has 0 radical (unpaired) electrons. The van der Waals surface area contributed by atoms with Crippen LogP contribution in [0.25, 0.3) is 0 Å². The molecule has 1 amide bonds. The second-order valence-corrected chi connectivity index (χ2v) is 4.95. The molecule has 1 unspecified atom stereocenters. The quantitative estimate of drug-likeness (QED) is 0.754. The fourth-order valence-corrected chi connectivity index (χ4v) is 2.67. The van der Waals surface area contributed by atoms with Gasteiger partial charge < -0.3 is 10.6 Å². The van der Waals surface area contributed by atoms with Crippen LogP contribution in [0.4, 0.5) is 0 Å². The summed E-state index contributed by atoms with van der Waals surface area (Å²) in [5.41, 5.74) is 5.62. The SMILES string of the molecule is CCCC(C)C(=O)N(CCN)C1CCCC1. The van der Waals surface area contributed by atoms with Gasteiger partial charge in [0.1, 0.15) is 0 Å². The van der Waals surface area contributed by atoms with E-state index >= 15 is 0 Å². The van der Waals surface area contributed by atoms with Crippen LogP contribution in [0.15, 0.2) is 0 Å². The predicted octanol–water partition coefficient (Wildman–Crippen LogP) is 2.15. The molecule has 94 valence electrons. The second-order valence-electron chi connectivity index (χ2n) is 4.95. The van der Waals surface area contributed by atoms with E-state index < -0.39 is 0 Å². The fraction of sp³-hybridized carbons (Fsp3) is 0.923. The van der Waals surface area contributed by atoms with Gasteiger partial charge in [0.2, 0.25) is 5.91 Å². The van der Waals surface area contributed by atoms with Crippen molar-refractivity contribution in [1.82, 2.24) is 4.90 Å². The Balaban J connectivity index is 2.56. The van der Waals surface area contributed by atoms with Crippen molar-refractivity contribution >= 4 is 5.91 Å². The summed E-state index contributed by atoms with van der Waals surface area (Å²) in [6.07, 6.45) is 6.94. The lowest BCUT2D eigenvalue weighted by Gasteiger charge is -2.31. The van der Waals surface area contributed by atoms with Gasteiger partial charge in [-0.25, -0.2) is 0 Å². The van der Waals surface area contributed by atoms with Crippen molar-refractivity contribution in [2.75, 3.05) is 13.1 Å². The summed E-state index contributed by atoms with van der Waals surface area (Å²) in [4.78, 5) is 14.3. The van der Waals surface area contributed by atoms with E-state index in [0.29, 0.717) is 18.5 Å². The molecule has 16 heavy (non-hydrogen) atoms. The van der Waals surface area contributed by atoms with E-state index in [0.717, 1.165) is 19.4 Å². The highest BCUT2D eigenvalue weighted by molar-refractivity contribution is 5.78. The molecule has 1 aliphatic carbocycles. The number of rotatable bonds is 6. The molecule has 0 aromatic carbocycles. The molecular weight excluding hydrogens is 200 g/mol. The van der Waals surface area contributed by atoms with Gasteiger partial charge in [0.05, 0.1) is 0 Å². The van der Waals surface area contributed by atoms with Crippen molar-refractivity contribution in [2.24, 2.45) is 11.7 Å². The number of amides is 1. The zero-order chi connectivity index (χ0) is 12.0. The van der Waals surface area contributed by atoms with Crippen LogP contribution in [0.5, 0.6) is 0 Å². The number of nitrogens with two attached hydrogens (primary N) is 1. The van der Waals surface area contributed by atoms with Crippen molar-refractivity contribution in [3.63, 3.8) is 0 Å². The topological polar surface area (TPSA) is 46.3 Å². The maximum absolute atomic E-state index is 12.3. The van der Waals surface area contributed by atoms with Gasteiger partial charge in [-0.1, -0.05) is 33.1 Å². The monoisotopic (exact) mass is 226 g/mol. The van der Waals surface area contributed by atoms with Crippen molar-refractivity contribution < 1.29 is 4.79 Å². The number of carbonyl (C=O) groups excluding carboxylic acids is 1. The molecular formula is C13H26N2O. The molecule has 1 fully saturated rings. The minimum absolute atomic E-state index is 0.164. The minimum Gasteiger partial charge on any atom is -0.338 e. The van der Waals surface area contributed by atoms with Crippen molar-refractivity contribution in [3.05, 3.63) is 0 Å². The average molecular weight is 226 g/mol. The molecule has 3 heteroatoms. The third-order valence-electron chi connectivity index (χ3n) is 3.56. The maximum atomic E-state index is 12.3. The van der Waals surface area contributed by atoms with Crippen LogP contribution in [-0.2, 0) is 4.79 Å². The second kappa shape index (κ2) is 6.89. The molecule has 1 aliphatic rings. The highest BCUT2D eigenvalue weighted by atomic mass is 16.2. The maximum Gasteiger partial charge on any atom is 0.225 e. The largest absolute Gasteiger partial charge is 0.338 e. The fourth-order valence-electron chi connectivity index (χ4n) is 2.67. The Kier molecular flexibility index (Phi) is 5.81. The van der Waals surface area contributed by atoms with Crippen LogP contribution in [-0.4, -0.2) is 29.9 Å². The van der Waals surface area contributed by atoms with Gasteiger partial charge in [-0.2, -0.15) is 0 Å². The number of hydrogen-bond acceptors (Lipinski definition) is 2. The summed E-state index contributed by atoms with van der Waals surface area (Å²) >= 11 is 0. The summed E-state index contributed by atoms with van der Waals surface area (Å²) in [6.45, 7) is 5.50. The lowest BCUT2D eigenvalue weighted by molar-refractivity contribution is -0.137. The smallest absolute Gasteiger partial charge is 0.225 e. The Morgan fingerprint density at radius 1 is 1.44 bits per heavy atom. The van der Waals surface area contributed by atoms with E-state index in [1.165, 1.54) is 25.7 Å². The zero-order valence-corrected chi connectivity index (χ0v) is 10.7. The molecule has 0 heterocycles. The Hall–Kier alpha value is -0.570. The van der Waals surface area contributed by atoms with Gasteiger partial charge in [-0.3, -0.25) is 4.79 Å². The van der Waals surface area contributed by atoms with Crippen molar-refractivity contribution in [2.45, 2.75) is 58.4 Å². The van der Waals surface area contributed by atoms with Crippen molar-refractivity contribution in [3.8, 4) is 0 Å². The van der Waals surface area contributed by atoms with E-state index in [1.54, 1.807) is 0 Å². The van der Waals surface area contributed by atoms with Gasteiger partial charge in [-0.15, -0.1) is 0 Å². The number of nitrogens with zero attached hydrogens (tertiary/aromatic N) is 1. The van der Waals surface area contributed by atoms with Gasteiger partial charge >= 0.3 is 0 Å². The van der Waals surface area contributed by atoms with Gasteiger partial charge in [0, 0.05) is 25.0 Å². The van der Waals surface area contributed by atoms with Crippen LogP contribution in [0, 0.1) is 5.92 Å². The highest BCUT2D eigenvalue weighted by Gasteiger charge is 2.28. The first-order chi connectivity index (χ1) is 7.70. The van der Waals surface area contributed by atoms with E-state index in [1.807, 2.05) is 11.8 Å². The molecule has 0 aliphatic heterocycles. The molecule has 0 aromatic heterocycles. The lowest BCUT2D eigenvalue weighted by Crippen LogP contribution is -2.44. The Labute approximate surface area is 99.4 Å². The Morgan fingerprint density at radius 2 is 2.06 bits per heavy atom. The minimum atomic E-state index is 0.164. The van der Waals surface area contributed by atoms with Gasteiger partial charge in [0.25, 0.3) is 0 Å². The summed E-state index contributed by atoms with van der Waals surface area (Å²) in [5, 5.41) is 0. The Bertz CT molecular complexity index is 212. The summed E-state index contributed by atoms with van der Waals surface area (Å²) < 4.78 is 0. The van der Waals surface area contributed by atoms with Crippen LogP contribution < -0.4 is 5.73 Å². The summed E-state index contributed by atoms with van der Waals surface area (Å²) in [6, 6.07) is 0.468. The highest BCUT2D eigenvalue weighted by Crippen LogP contribution is 2.25. The Morgan fingerprint density at radius 3 is 2.56 bits per heavy atom. The third-order valence-corrected chi connectivity index (χ3v) is 3.56. The van der Waals surface area contributed by atoms with E-state index in [-0.39, 0.29) is 5.92 Å². The first-order valence-corrected chi connectivity index (χ1v) is 6.71. The molecule has 2 N–H and O–H groups in total. The van der Waals surface area contributed by atoms with Crippen LogP contribution in [0.1, 0.15) is 52.4 Å². The molecule has 1 rings (SSSR count). The van der Waals surface area contributed by atoms with Crippen molar-refractivity contribution in [1.29, 1.82) is 0 Å². The zero-order valence-electron chi connectivity index (χ0n) is 10.7. The molecule has 3 nitrogen and oxygen atoms in total. The first-order valence-electron chi connectivity index (χ1n) is 6.71. The van der Waals surface area contributed by atoms with Crippen LogP contribution >= 0.6 is 0 Å². The number of hydrogen-bond donors (Lipinski definition) is 1. The van der Waals surface area contributed by atoms with E-state index in [2.05, 4.69) is 6.92 Å². The summed E-state index contributed by atoms with van der Waals surface area (Å²) in [5.74, 6) is 0.483. The van der Waals surface area contributed by atoms with Crippen LogP contribution in [0.2, 0.25) is 0 Å². The third kappa shape index (κ3) is 3.48. The summed E-state index contributed by atoms with van der Waals surface area (Å²) in [7, 11) is 0. The van der Waals surface area contributed by atoms with E-state index in [4.69, 9.17) is 5.73 Å². The number of carbonyl (C=O) groups is 1. The van der Waals surface area contributed by atoms with E-state index in [9.17, 15) is 4.79 Å². The van der Waals surface area contributed by atoms with Crippen LogP contribution in [0.3, 0.4) is 0 Å². The molecule has 0 saturated heterocycles. The predicted molar refractivity (Wildman–Crippen MR) is 67.1 cm³/mol. The first kappa shape index (κ1) is 13.5. The lowest BCUT2D eigenvalue weighted by atomic mass is 10.0. The molecule has 0 spiro atoms. The standard InChI is InChI=1S/C13H26N2O/c1-3-6-11(2)13(16)15(10-9-14)12-7-4-5-8-12/h11-12H,3-10,14H2,1-2H3.